The summed E-state index contributed by atoms with van der Waals surface area (Å²) in [6.07, 6.45) is 0. The first-order valence-corrected chi connectivity index (χ1v) is 6.24. The van der Waals surface area contributed by atoms with Crippen LogP contribution < -0.4 is 4.74 Å². The minimum Gasteiger partial charge on any atom is -0.484 e. The maximum Gasteiger partial charge on any atom is 0.268 e. The Hall–Kier alpha value is -0.680. The Kier molecular flexibility index (Phi) is 4.22. The van der Waals surface area contributed by atoms with E-state index < -0.39 is 3.79 Å². The third kappa shape index (κ3) is 3.65. The maximum absolute atomic E-state index is 5.74. The summed E-state index contributed by atoms with van der Waals surface area (Å²) >= 11 is 22.5. The molecule has 8 heteroatoms. The molecule has 0 bridgehead atoms. The van der Waals surface area contributed by atoms with Crippen LogP contribution >= 0.6 is 46.4 Å². The molecule has 0 N–H and O–H groups in total. The monoisotopic (exact) mass is 326 g/mol. The first-order valence-electron chi connectivity index (χ1n) is 4.73. The predicted molar refractivity (Wildman–Crippen MR) is 69.3 cm³/mol. The molecule has 0 aliphatic rings. The summed E-state index contributed by atoms with van der Waals surface area (Å²) in [4.78, 5) is 0. The number of hydrogen-bond acceptors (Lipinski definition) is 4. The molecule has 2 aromatic rings. The second-order valence-corrected chi connectivity index (χ2v) is 5.96. The van der Waals surface area contributed by atoms with Gasteiger partial charge in [0.2, 0.25) is 0 Å². The molecular weight excluding hydrogens is 322 g/mol. The van der Waals surface area contributed by atoms with Crippen LogP contribution in [0.4, 0.5) is 0 Å². The zero-order chi connectivity index (χ0) is 13.2. The molecule has 0 spiro atoms. The first kappa shape index (κ1) is 13.7. The molecule has 0 unspecified atom stereocenters. The highest BCUT2D eigenvalue weighted by atomic mass is 35.6. The Balaban J connectivity index is 1.98. The first-order chi connectivity index (χ1) is 8.45. The topological polar surface area (TPSA) is 48.2 Å². The van der Waals surface area contributed by atoms with Crippen LogP contribution in [0.3, 0.4) is 0 Å². The van der Waals surface area contributed by atoms with Crippen LogP contribution in [-0.4, -0.2) is 10.2 Å². The normalized spacial score (nSPS) is 11.6. The summed E-state index contributed by atoms with van der Waals surface area (Å²) < 4.78 is 8.78. The SMILES string of the molecule is Clc1ccc(OCc2nnc(C(Cl)(Cl)Cl)o2)cc1. The van der Waals surface area contributed by atoms with Crippen molar-refractivity contribution in [1.29, 1.82) is 0 Å². The average molecular weight is 328 g/mol. The van der Waals surface area contributed by atoms with Crippen molar-refractivity contribution in [1.82, 2.24) is 10.2 Å². The molecule has 0 aliphatic heterocycles. The van der Waals surface area contributed by atoms with E-state index in [4.69, 9.17) is 55.6 Å². The van der Waals surface area contributed by atoms with Crippen molar-refractivity contribution in [3.8, 4) is 5.75 Å². The molecule has 1 aromatic carbocycles. The standard InChI is InChI=1S/C10H6Cl4N2O2/c11-6-1-3-7(4-2-6)17-5-8-15-16-9(18-8)10(12,13)14/h1-4H,5H2. The Labute approximate surface area is 123 Å². The van der Waals surface area contributed by atoms with E-state index in [2.05, 4.69) is 10.2 Å². The molecule has 2 rings (SSSR count). The van der Waals surface area contributed by atoms with E-state index in [-0.39, 0.29) is 18.4 Å². The number of ether oxygens (including phenoxy) is 1. The second kappa shape index (κ2) is 5.53. The highest BCUT2D eigenvalue weighted by Crippen LogP contribution is 2.37. The van der Waals surface area contributed by atoms with Crippen molar-refractivity contribution in [2.75, 3.05) is 0 Å². The zero-order valence-corrected chi connectivity index (χ0v) is 11.8. The van der Waals surface area contributed by atoms with Gasteiger partial charge >= 0.3 is 0 Å². The summed E-state index contributed by atoms with van der Waals surface area (Å²) in [7, 11) is 0. The Morgan fingerprint density at radius 2 is 1.78 bits per heavy atom. The number of benzene rings is 1. The Morgan fingerprint density at radius 1 is 1.11 bits per heavy atom. The fourth-order valence-corrected chi connectivity index (χ4v) is 1.46. The summed E-state index contributed by atoms with van der Waals surface area (Å²) in [5.41, 5.74) is 0. The lowest BCUT2D eigenvalue weighted by atomic mass is 10.3. The van der Waals surface area contributed by atoms with Crippen molar-refractivity contribution >= 4 is 46.4 Å². The summed E-state index contributed by atoms with van der Waals surface area (Å²) in [6.45, 7) is 0.0787. The van der Waals surface area contributed by atoms with Gasteiger partial charge in [-0.2, -0.15) is 0 Å². The quantitative estimate of drug-likeness (QED) is 0.795. The van der Waals surface area contributed by atoms with Gasteiger partial charge < -0.3 is 9.15 Å². The summed E-state index contributed by atoms with van der Waals surface area (Å²) in [6, 6.07) is 6.85. The van der Waals surface area contributed by atoms with E-state index in [0.717, 1.165) is 0 Å². The highest BCUT2D eigenvalue weighted by molar-refractivity contribution is 6.66. The van der Waals surface area contributed by atoms with Gasteiger partial charge in [0.25, 0.3) is 15.6 Å². The minimum absolute atomic E-state index is 0.0787. The number of halogens is 4. The van der Waals surface area contributed by atoms with Gasteiger partial charge in [-0.15, -0.1) is 10.2 Å². The minimum atomic E-state index is -1.73. The van der Waals surface area contributed by atoms with Gasteiger partial charge in [-0.1, -0.05) is 46.4 Å². The molecule has 1 aromatic heterocycles. The Bertz CT molecular complexity index is 521. The lowest BCUT2D eigenvalue weighted by Crippen LogP contribution is -1.99. The van der Waals surface area contributed by atoms with Crippen LogP contribution in [-0.2, 0) is 10.4 Å². The van der Waals surface area contributed by atoms with Crippen molar-refractivity contribution < 1.29 is 9.15 Å². The van der Waals surface area contributed by atoms with Gasteiger partial charge in [0.15, 0.2) is 6.61 Å². The Morgan fingerprint density at radius 3 is 2.33 bits per heavy atom. The van der Waals surface area contributed by atoms with Crippen molar-refractivity contribution in [3.05, 3.63) is 41.1 Å². The fourth-order valence-electron chi connectivity index (χ4n) is 1.10. The van der Waals surface area contributed by atoms with Crippen molar-refractivity contribution in [2.45, 2.75) is 10.4 Å². The lowest BCUT2D eigenvalue weighted by molar-refractivity contribution is 0.259. The zero-order valence-electron chi connectivity index (χ0n) is 8.74. The predicted octanol–water partition coefficient (Wildman–Crippen LogP) is 4.13. The molecule has 0 amide bonds. The smallest absolute Gasteiger partial charge is 0.268 e. The number of hydrogen-bond donors (Lipinski definition) is 0. The van der Waals surface area contributed by atoms with E-state index in [1.807, 2.05) is 0 Å². The molecule has 0 radical (unpaired) electrons. The fraction of sp³-hybridized carbons (Fsp3) is 0.200. The molecule has 0 atom stereocenters. The molecule has 0 aliphatic carbocycles. The maximum atomic E-state index is 5.74. The molecule has 0 fully saturated rings. The molecule has 18 heavy (non-hydrogen) atoms. The molecular formula is C10H6Cl4N2O2. The van der Waals surface area contributed by atoms with Crippen molar-refractivity contribution in [3.63, 3.8) is 0 Å². The lowest BCUT2D eigenvalue weighted by Gasteiger charge is -2.04. The van der Waals surface area contributed by atoms with E-state index in [9.17, 15) is 0 Å². The summed E-state index contributed by atoms with van der Waals surface area (Å²) in [5, 5.41) is 7.92. The van der Waals surface area contributed by atoms with Gasteiger partial charge in [0.05, 0.1) is 0 Å². The van der Waals surface area contributed by atoms with Gasteiger partial charge in [-0.3, -0.25) is 0 Å². The van der Waals surface area contributed by atoms with E-state index in [0.29, 0.717) is 10.8 Å². The average Bonchev–Trinajstić information content (AvgIpc) is 2.77. The van der Waals surface area contributed by atoms with Crippen LogP contribution in [0, 0.1) is 0 Å². The second-order valence-electron chi connectivity index (χ2n) is 3.24. The molecule has 0 saturated carbocycles. The van der Waals surface area contributed by atoms with Crippen LogP contribution in [0.2, 0.25) is 5.02 Å². The molecule has 4 nitrogen and oxygen atoms in total. The van der Waals surface area contributed by atoms with Gasteiger partial charge in [-0.05, 0) is 24.3 Å². The van der Waals surface area contributed by atoms with Crippen LogP contribution in [0.5, 0.6) is 5.75 Å². The largest absolute Gasteiger partial charge is 0.484 e. The van der Waals surface area contributed by atoms with E-state index in [1.165, 1.54) is 0 Å². The van der Waals surface area contributed by atoms with Gasteiger partial charge in [0.1, 0.15) is 5.75 Å². The van der Waals surface area contributed by atoms with Gasteiger partial charge in [0, 0.05) is 5.02 Å². The third-order valence-corrected chi connectivity index (χ3v) is 2.62. The number of nitrogens with zero attached hydrogens (tertiary/aromatic N) is 2. The van der Waals surface area contributed by atoms with Crippen molar-refractivity contribution in [2.24, 2.45) is 0 Å². The number of alkyl halides is 3. The van der Waals surface area contributed by atoms with Crippen LogP contribution in [0.1, 0.15) is 11.8 Å². The number of aromatic nitrogens is 2. The molecule has 1 heterocycles. The highest BCUT2D eigenvalue weighted by Gasteiger charge is 2.30. The van der Waals surface area contributed by atoms with Gasteiger partial charge in [-0.25, -0.2) is 0 Å². The number of rotatable bonds is 3. The molecule has 96 valence electrons. The van der Waals surface area contributed by atoms with E-state index in [1.54, 1.807) is 24.3 Å². The summed E-state index contributed by atoms with van der Waals surface area (Å²) in [5.74, 6) is 0.738. The molecule has 0 saturated heterocycles. The van der Waals surface area contributed by atoms with Crippen LogP contribution in [0.15, 0.2) is 28.7 Å². The third-order valence-electron chi connectivity index (χ3n) is 1.89. The van der Waals surface area contributed by atoms with E-state index >= 15 is 0 Å². The van der Waals surface area contributed by atoms with Crippen LogP contribution in [0.25, 0.3) is 0 Å².